The molecule has 0 bridgehead atoms. The molecular weight excluding hydrogens is 369 g/mol. The zero-order valence-electron chi connectivity index (χ0n) is 11.3. The molecule has 0 aliphatic heterocycles. The van der Waals surface area contributed by atoms with Crippen LogP contribution in [0, 0.1) is 5.82 Å². The van der Waals surface area contributed by atoms with Crippen LogP contribution in [0.1, 0.15) is 5.56 Å². The van der Waals surface area contributed by atoms with Crippen molar-refractivity contribution in [1.29, 1.82) is 0 Å². The molecule has 0 unspecified atom stereocenters. The summed E-state index contributed by atoms with van der Waals surface area (Å²) in [6.45, 7) is 0.331. The van der Waals surface area contributed by atoms with Crippen molar-refractivity contribution in [2.24, 2.45) is 0 Å². The Kier molecular flexibility index (Phi) is 4.35. The Balaban J connectivity index is 1.95. The Morgan fingerprint density at radius 3 is 2.64 bits per heavy atom. The van der Waals surface area contributed by atoms with Gasteiger partial charge in [0.05, 0.1) is 5.56 Å². The monoisotopic (exact) mass is 379 g/mol. The van der Waals surface area contributed by atoms with Crippen LogP contribution in [-0.2, 0) is 6.61 Å². The van der Waals surface area contributed by atoms with Crippen LogP contribution in [0.3, 0.4) is 0 Å². The lowest BCUT2D eigenvalue weighted by atomic mass is 10.2. The molecule has 0 atom stereocenters. The van der Waals surface area contributed by atoms with Gasteiger partial charge in [-0.3, -0.25) is 0 Å². The second kappa shape index (κ2) is 6.41. The van der Waals surface area contributed by atoms with E-state index >= 15 is 0 Å². The molecule has 0 radical (unpaired) electrons. The van der Waals surface area contributed by atoms with E-state index in [2.05, 4.69) is 26.1 Å². The van der Waals surface area contributed by atoms with E-state index in [1.54, 1.807) is 6.07 Å². The summed E-state index contributed by atoms with van der Waals surface area (Å²) in [4.78, 5) is 0. The second-order valence-electron chi connectivity index (χ2n) is 4.48. The normalized spacial score (nSPS) is 10.6. The largest absolute Gasteiger partial charge is 0.488 e. The van der Waals surface area contributed by atoms with Gasteiger partial charge in [-0.1, -0.05) is 57.6 Å². The Labute approximate surface area is 138 Å². The highest BCUT2D eigenvalue weighted by atomic mass is 79.9. The molecule has 0 spiro atoms. The fourth-order valence-corrected chi connectivity index (χ4v) is 3.01. The number of aromatic nitrogens is 2. The number of nitrogens with zero attached hydrogens (tertiary/aromatic N) is 2. The molecule has 1 heterocycles. The van der Waals surface area contributed by atoms with Crippen molar-refractivity contribution >= 4 is 32.4 Å². The first-order valence-electron chi connectivity index (χ1n) is 6.38. The third-order valence-corrected chi connectivity index (χ3v) is 4.14. The van der Waals surface area contributed by atoms with Crippen LogP contribution >= 0.6 is 27.3 Å². The van der Waals surface area contributed by atoms with Gasteiger partial charge in [-0.2, -0.15) is 0 Å². The number of ether oxygens (including phenoxy) is 1. The molecule has 2 N–H and O–H groups in total. The van der Waals surface area contributed by atoms with E-state index < -0.39 is 5.82 Å². The number of nitrogens with two attached hydrogens (primary N) is 1. The summed E-state index contributed by atoms with van der Waals surface area (Å²) < 4.78 is 20.7. The van der Waals surface area contributed by atoms with E-state index in [1.807, 2.05) is 30.3 Å². The van der Waals surface area contributed by atoms with Gasteiger partial charge in [0.15, 0.2) is 5.01 Å². The lowest BCUT2D eigenvalue weighted by molar-refractivity contribution is 0.306. The fourth-order valence-electron chi connectivity index (χ4n) is 1.94. The maximum absolute atomic E-state index is 14.3. The van der Waals surface area contributed by atoms with Crippen molar-refractivity contribution in [1.82, 2.24) is 10.2 Å². The topological polar surface area (TPSA) is 61.0 Å². The van der Waals surface area contributed by atoms with E-state index in [-0.39, 0.29) is 10.7 Å². The molecule has 4 nitrogen and oxygen atoms in total. The molecule has 0 aliphatic carbocycles. The minimum atomic E-state index is -0.436. The highest BCUT2D eigenvalue weighted by Gasteiger charge is 2.18. The quantitative estimate of drug-likeness (QED) is 0.735. The van der Waals surface area contributed by atoms with Crippen LogP contribution in [0.4, 0.5) is 9.52 Å². The lowest BCUT2D eigenvalue weighted by Crippen LogP contribution is -1.98. The molecule has 0 fully saturated rings. The van der Waals surface area contributed by atoms with Crippen LogP contribution in [0.2, 0.25) is 0 Å². The number of halogens is 2. The highest BCUT2D eigenvalue weighted by Crippen LogP contribution is 2.37. The number of hydrogen-bond acceptors (Lipinski definition) is 5. The van der Waals surface area contributed by atoms with Crippen molar-refractivity contribution in [3.05, 3.63) is 58.3 Å². The third kappa shape index (κ3) is 3.26. The Morgan fingerprint density at radius 1 is 1.18 bits per heavy atom. The van der Waals surface area contributed by atoms with Gasteiger partial charge in [-0.15, -0.1) is 10.2 Å². The average Bonchev–Trinajstić information content (AvgIpc) is 2.91. The molecule has 3 aromatic rings. The van der Waals surface area contributed by atoms with Crippen molar-refractivity contribution in [2.75, 3.05) is 5.73 Å². The van der Waals surface area contributed by atoms with Gasteiger partial charge in [0.1, 0.15) is 18.2 Å². The molecule has 7 heteroatoms. The third-order valence-electron chi connectivity index (χ3n) is 2.91. The Bertz CT molecular complexity index is 795. The van der Waals surface area contributed by atoms with Crippen molar-refractivity contribution in [3.63, 3.8) is 0 Å². The molecular formula is C15H11BrFN3OS. The van der Waals surface area contributed by atoms with E-state index in [0.717, 1.165) is 16.9 Å². The van der Waals surface area contributed by atoms with Crippen LogP contribution in [-0.4, -0.2) is 10.2 Å². The second-order valence-corrected chi connectivity index (χ2v) is 6.41. The molecule has 1 aromatic heterocycles. The van der Waals surface area contributed by atoms with E-state index in [1.165, 1.54) is 6.07 Å². The van der Waals surface area contributed by atoms with Crippen LogP contribution in [0.15, 0.2) is 46.9 Å². The number of hydrogen-bond donors (Lipinski definition) is 1. The van der Waals surface area contributed by atoms with E-state index in [4.69, 9.17) is 10.5 Å². The predicted octanol–water partition coefficient (Wildman–Crippen LogP) is 4.27. The van der Waals surface area contributed by atoms with Gasteiger partial charge < -0.3 is 10.5 Å². The zero-order valence-corrected chi connectivity index (χ0v) is 13.7. The average molecular weight is 380 g/mol. The van der Waals surface area contributed by atoms with Gasteiger partial charge in [0, 0.05) is 4.47 Å². The van der Waals surface area contributed by atoms with Crippen molar-refractivity contribution < 1.29 is 9.13 Å². The highest BCUT2D eigenvalue weighted by molar-refractivity contribution is 9.10. The Morgan fingerprint density at radius 2 is 1.95 bits per heavy atom. The number of rotatable bonds is 4. The number of benzene rings is 2. The molecule has 3 rings (SSSR count). The molecule has 0 amide bonds. The summed E-state index contributed by atoms with van der Waals surface area (Å²) in [5, 5.41) is 8.31. The van der Waals surface area contributed by atoms with Crippen molar-refractivity contribution in [2.45, 2.75) is 6.61 Å². The van der Waals surface area contributed by atoms with E-state index in [9.17, 15) is 4.39 Å². The van der Waals surface area contributed by atoms with Crippen molar-refractivity contribution in [3.8, 4) is 16.3 Å². The lowest BCUT2D eigenvalue weighted by Gasteiger charge is -2.11. The number of anilines is 1. The summed E-state index contributed by atoms with van der Waals surface area (Å²) in [7, 11) is 0. The molecule has 112 valence electrons. The zero-order chi connectivity index (χ0) is 15.5. The van der Waals surface area contributed by atoms with Crippen LogP contribution in [0.5, 0.6) is 5.75 Å². The van der Waals surface area contributed by atoms with Gasteiger partial charge in [0.2, 0.25) is 5.13 Å². The SMILES string of the molecule is Nc1nnc(-c2c(F)cc(Br)cc2OCc2ccccc2)s1. The summed E-state index contributed by atoms with van der Waals surface area (Å²) in [5.41, 5.74) is 6.85. The van der Waals surface area contributed by atoms with E-state index in [0.29, 0.717) is 21.8 Å². The first-order chi connectivity index (χ1) is 10.6. The minimum absolute atomic E-state index is 0.272. The standard InChI is InChI=1S/C15H11BrFN3OS/c16-10-6-11(17)13(14-19-20-15(18)22-14)12(7-10)21-8-9-4-2-1-3-5-9/h1-7H,8H2,(H2,18,20). The van der Waals surface area contributed by atoms with Crippen LogP contribution in [0.25, 0.3) is 10.6 Å². The molecule has 0 aliphatic rings. The first kappa shape index (κ1) is 14.9. The smallest absolute Gasteiger partial charge is 0.203 e. The van der Waals surface area contributed by atoms with Gasteiger partial charge in [-0.25, -0.2) is 4.39 Å². The summed E-state index contributed by atoms with van der Waals surface area (Å²) in [6.07, 6.45) is 0. The molecule has 0 saturated carbocycles. The fraction of sp³-hybridized carbons (Fsp3) is 0.0667. The molecule has 22 heavy (non-hydrogen) atoms. The van der Waals surface area contributed by atoms with Gasteiger partial charge >= 0.3 is 0 Å². The molecule has 0 saturated heterocycles. The van der Waals surface area contributed by atoms with Crippen LogP contribution < -0.4 is 10.5 Å². The minimum Gasteiger partial charge on any atom is -0.488 e. The maximum atomic E-state index is 14.3. The van der Waals surface area contributed by atoms with Gasteiger partial charge in [0.25, 0.3) is 0 Å². The number of nitrogen functional groups attached to an aromatic ring is 1. The predicted molar refractivity (Wildman–Crippen MR) is 88.2 cm³/mol. The maximum Gasteiger partial charge on any atom is 0.203 e. The molecule has 2 aromatic carbocycles. The first-order valence-corrected chi connectivity index (χ1v) is 7.99. The Hall–Kier alpha value is -1.99. The summed E-state index contributed by atoms with van der Waals surface area (Å²) >= 11 is 4.39. The summed E-state index contributed by atoms with van der Waals surface area (Å²) in [6, 6.07) is 12.7. The van der Waals surface area contributed by atoms with Gasteiger partial charge in [-0.05, 0) is 17.7 Å². The summed E-state index contributed by atoms with van der Waals surface area (Å²) in [5.74, 6) is -0.0412.